The van der Waals surface area contributed by atoms with Crippen molar-refractivity contribution in [2.24, 2.45) is 0 Å². The molecule has 1 aliphatic rings. The number of aryl methyl sites for hydroxylation is 1. The van der Waals surface area contributed by atoms with E-state index < -0.39 is 0 Å². The summed E-state index contributed by atoms with van der Waals surface area (Å²) in [7, 11) is 1.75. The van der Waals surface area contributed by atoms with Crippen molar-refractivity contribution in [3.8, 4) is 0 Å². The highest BCUT2D eigenvalue weighted by Crippen LogP contribution is 2.25. The maximum Gasteiger partial charge on any atom is 0.250 e. The van der Waals surface area contributed by atoms with Gasteiger partial charge < -0.3 is 14.6 Å². The van der Waals surface area contributed by atoms with E-state index in [1.165, 1.54) is 0 Å². The fourth-order valence-corrected chi connectivity index (χ4v) is 1.98. The number of methoxy groups -OCH3 is 1. The maximum atomic E-state index is 11.4. The van der Waals surface area contributed by atoms with Crippen LogP contribution in [0, 0.1) is 0 Å². The summed E-state index contributed by atoms with van der Waals surface area (Å²) in [6.45, 7) is 2.68. The van der Waals surface area contributed by atoms with Crippen LogP contribution in [0.5, 0.6) is 0 Å². The Morgan fingerprint density at radius 3 is 2.88 bits per heavy atom. The lowest BCUT2D eigenvalue weighted by Crippen LogP contribution is -2.40. The molecule has 0 aromatic carbocycles. The second-order valence-electron chi connectivity index (χ2n) is 4.21. The highest BCUT2D eigenvalue weighted by atomic mass is 16.5. The van der Waals surface area contributed by atoms with Gasteiger partial charge in [0.25, 0.3) is 5.56 Å². The van der Waals surface area contributed by atoms with Gasteiger partial charge in [0.05, 0.1) is 11.8 Å². The van der Waals surface area contributed by atoms with Crippen molar-refractivity contribution < 1.29 is 4.74 Å². The standard InChI is InChI=1S/C12H18N2O2/c1-3-14-8-9(4-5-12(14)15)13-10-6-11(7-10)16-2/h4-5,8,10-11,13H,3,6-7H2,1-2H3. The highest BCUT2D eigenvalue weighted by molar-refractivity contribution is 5.42. The number of ether oxygens (including phenoxy) is 1. The summed E-state index contributed by atoms with van der Waals surface area (Å²) in [6, 6.07) is 3.93. The average molecular weight is 222 g/mol. The fourth-order valence-electron chi connectivity index (χ4n) is 1.98. The molecule has 16 heavy (non-hydrogen) atoms. The Balaban J connectivity index is 1.98. The zero-order chi connectivity index (χ0) is 11.5. The normalized spacial score (nSPS) is 23.9. The van der Waals surface area contributed by atoms with Gasteiger partial charge in [-0.1, -0.05) is 0 Å². The zero-order valence-corrected chi connectivity index (χ0v) is 9.77. The summed E-state index contributed by atoms with van der Waals surface area (Å²) in [6.07, 6.45) is 4.36. The highest BCUT2D eigenvalue weighted by Gasteiger charge is 2.28. The molecule has 2 rings (SSSR count). The molecule has 88 valence electrons. The summed E-state index contributed by atoms with van der Waals surface area (Å²) >= 11 is 0. The first-order valence-corrected chi connectivity index (χ1v) is 5.72. The summed E-state index contributed by atoms with van der Waals surface area (Å²) in [4.78, 5) is 11.4. The van der Waals surface area contributed by atoms with Crippen LogP contribution in [-0.2, 0) is 11.3 Å². The lowest BCUT2D eigenvalue weighted by atomic mass is 9.89. The van der Waals surface area contributed by atoms with E-state index in [1.54, 1.807) is 17.7 Å². The molecule has 0 bridgehead atoms. The molecule has 4 nitrogen and oxygen atoms in total. The molecule has 1 N–H and O–H groups in total. The van der Waals surface area contributed by atoms with Gasteiger partial charge in [0.2, 0.25) is 0 Å². The first-order chi connectivity index (χ1) is 7.72. The Labute approximate surface area is 95.2 Å². The number of nitrogens with one attached hydrogen (secondary N) is 1. The van der Waals surface area contributed by atoms with Gasteiger partial charge in [-0.2, -0.15) is 0 Å². The first kappa shape index (κ1) is 11.2. The number of aromatic nitrogens is 1. The molecule has 1 aliphatic carbocycles. The molecule has 1 saturated carbocycles. The van der Waals surface area contributed by atoms with Crippen LogP contribution in [0.25, 0.3) is 0 Å². The fraction of sp³-hybridized carbons (Fsp3) is 0.583. The number of anilines is 1. The molecule has 1 aromatic heterocycles. The maximum absolute atomic E-state index is 11.4. The van der Waals surface area contributed by atoms with E-state index in [4.69, 9.17) is 4.74 Å². The molecule has 0 spiro atoms. The van der Waals surface area contributed by atoms with Crippen molar-refractivity contribution in [3.05, 3.63) is 28.7 Å². The van der Waals surface area contributed by atoms with Gasteiger partial charge in [0.15, 0.2) is 0 Å². The molecular formula is C12H18N2O2. The molecule has 0 aliphatic heterocycles. The summed E-state index contributed by atoms with van der Waals surface area (Å²) in [5.41, 5.74) is 1.07. The first-order valence-electron chi connectivity index (χ1n) is 5.72. The Hall–Kier alpha value is -1.29. The third-order valence-electron chi connectivity index (χ3n) is 3.12. The number of pyridine rings is 1. The van der Waals surface area contributed by atoms with Crippen LogP contribution in [0.1, 0.15) is 19.8 Å². The smallest absolute Gasteiger partial charge is 0.250 e. The second kappa shape index (κ2) is 4.70. The van der Waals surface area contributed by atoms with Crippen molar-refractivity contribution in [2.75, 3.05) is 12.4 Å². The third-order valence-corrected chi connectivity index (χ3v) is 3.12. The Bertz CT molecular complexity index is 408. The molecule has 1 fully saturated rings. The Morgan fingerprint density at radius 1 is 1.50 bits per heavy atom. The van der Waals surface area contributed by atoms with E-state index >= 15 is 0 Å². The molecule has 0 saturated heterocycles. The van der Waals surface area contributed by atoms with Gasteiger partial charge in [-0.3, -0.25) is 4.79 Å². The van der Waals surface area contributed by atoms with Gasteiger partial charge in [0.1, 0.15) is 0 Å². The van der Waals surface area contributed by atoms with Crippen LogP contribution in [-0.4, -0.2) is 23.8 Å². The molecular weight excluding hydrogens is 204 g/mol. The zero-order valence-electron chi connectivity index (χ0n) is 9.77. The number of rotatable bonds is 4. The SMILES string of the molecule is CCn1cc(NC2CC(OC)C2)ccc1=O. The van der Waals surface area contributed by atoms with Crippen molar-refractivity contribution in [2.45, 2.75) is 38.5 Å². The van der Waals surface area contributed by atoms with Crippen LogP contribution in [0.4, 0.5) is 5.69 Å². The second-order valence-corrected chi connectivity index (χ2v) is 4.21. The van der Waals surface area contributed by atoms with Crippen LogP contribution in [0.3, 0.4) is 0 Å². The lowest BCUT2D eigenvalue weighted by Gasteiger charge is -2.35. The average Bonchev–Trinajstić information content (AvgIpc) is 2.25. The predicted octanol–water partition coefficient (Wildman–Crippen LogP) is 1.46. The predicted molar refractivity (Wildman–Crippen MR) is 63.8 cm³/mol. The monoisotopic (exact) mass is 222 g/mol. The van der Waals surface area contributed by atoms with E-state index in [-0.39, 0.29) is 5.56 Å². The number of nitrogens with zero attached hydrogens (tertiary/aromatic N) is 1. The largest absolute Gasteiger partial charge is 0.381 e. The van der Waals surface area contributed by atoms with E-state index in [0.717, 1.165) is 18.5 Å². The van der Waals surface area contributed by atoms with E-state index in [9.17, 15) is 4.79 Å². The summed E-state index contributed by atoms with van der Waals surface area (Å²) < 4.78 is 6.93. The van der Waals surface area contributed by atoms with Gasteiger partial charge in [-0.15, -0.1) is 0 Å². The molecule has 1 aromatic rings. The molecule has 0 amide bonds. The van der Waals surface area contributed by atoms with Crippen LogP contribution < -0.4 is 10.9 Å². The minimum atomic E-state index is 0.0522. The quantitative estimate of drug-likeness (QED) is 0.838. The Kier molecular flexibility index (Phi) is 3.29. The molecule has 0 atom stereocenters. The van der Waals surface area contributed by atoms with Gasteiger partial charge in [-0.25, -0.2) is 0 Å². The third kappa shape index (κ3) is 2.27. The van der Waals surface area contributed by atoms with Crippen LogP contribution in [0.2, 0.25) is 0 Å². The Morgan fingerprint density at radius 2 is 2.25 bits per heavy atom. The minimum Gasteiger partial charge on any atom is -0.381 e. The lowest BCUT2D eigenvalue weighted by molar-refractivity contribution is 0.0328. The van der Waals surface area contributed by atoms with E-state index in [0.29, 0.717) is 18.7 Å². The van der Waals surface area contributed by atoms with Crippen LogP contribution in [0.15, 0.2) is 23.1 Å². The van der Waals surface area contributed by atoms with E-state index in [1.807, 2.05) is 19.2 Å². The summed E-state index contributed by atoms with van der Waals surface area (Å²) in [5.74, 6) is 0. The molecule has 4 heteroatoms. The minimum absolute atomic E-state index is 0.0522. The van der Waals surface area contributed by atoms with Crippen molar-refractivity contribution >= 4 is 5.69 Å². The molecule has 0 unspecified atom stereocenters. The van der Waals surface area contributed by atoms with Crippen LogP contribution >= 0.6 is 0 Å². The molecule has 0 radical (unpaired) electrons. The molecule has 1 heterocycles. The van der Waals surface area contributed by atoms with Gasteiger partial charge >= 0.3 is 0 Å². The number of hydrogen-bond donors (Lipinski definition) is 1. The van der Waals surface area contributed by atoms with Gasteiger partial charge in [-0.05, 0) is 25.8 Å². The van der Waals surface area contributed by atoms with Crippen molar-refractivity contribution in [3.63, 3.8) is 0 Å². The van der Waals surface area contributed by atoms with Crippen molar-refractivity contribution in [1.29, 1.82) is 0 Å². The van der Waals surface area contributed by atoms with Gasteiger partial charge in [0, 0.05) is 32.0 Å². The van der Waals surface area contributed by atoms with Crippen molar-refractivity contribution in [1.82, 2.24) is 4.57 Å². The number of hydrogen-bond acceptors (Lipinski definition) is 3. The van der Waals surface area contributed by atoms with E-state index in [2.05, 4.69) is 5.32 Å². The summed E-state index contributed by atoms with van der Waals surface area (Å²) in [5, 5.41) is 3.40. The topological polar surface area (TPSA) is 43.3 Å².